The molecule has 6 nitrogen and oxygen atoms in total. The van der Waals surface area contributed by atoms with Gasteiger partial charge in [0, 0.05) is 24.1 Å². The average Bonchev–Trinajstić information content (AvgIpc) is 3.33. The maximum atomic E-state index is 12.3. The Morgan fingerprint density at radius 2 is 1.63 bits per heavy atom. The van der Waals surface area contributed by atoms with E-state index in [0.29, 0.717) is 5.56 Å². The number of aromatic nitrogens is 1. The zero-order chi connectivity index (χ0) is 20.8. The molecule has 0 aliphatic heterocycles. The van der Waals surface area contributed by atoms with Gasteiger partial charge in [0.1, 0.15) is 25.2 Å². The third kappa shape index (κ3) is 4.67. The van der Waals surface area contributed by atoms with Crippen LogP contribution in [0, 0.1) is 0 Å². The third-order valence-electron chi connectivity index (χ3n) is 4.44. The molecular formula is C24H19NO5. The van der Waals surface area contributed by atoms with Crippen LogP contribution in [-0.2, 0) is 18.0 Å². The predicted octanol–water partition coefficient (Wildman–Crippen LogP) is 4.37. The largest absolute Gasteiger partial charge is 0.482 e. The summed E-state index contributed by atoms with van der Waals surface area (Å²) in [5.74, 6) is -0.153. The number of rotatable bonds is 7. The molecule has 0 amide bonds. The van der Waals surface area contributed by atoms with Crippen molar-refractivity contribution >= 4 is 5.97 Å². The first kappa shape index (κ1) is 19.3. The molecule has 2 aromatic carbocycles. The number of esters is 1. The summed E-state index contributed by atoms with van der Waals surface area (Å²) in [5.41, 5.74) is 1.96. The third-order valence-corrected chi connectivity index (χ3v) is 4.44. The van der Waals surface area contributed by atoms with Crippen molar-refractivity contribution in [2.75, 3.05) is 0 Å². The van der Waals surface area contributed by atoms with E-state index in [-0.39, 0.29) is 30.2 Å². The normalized spacial score (nSPS) is 10.5. The average molecular weight is 401 g/mol. The molecule has 0 radical (unpaired) electrons. The summed E-state index contributed by atoms with van der Waals surface area (Å²) in [4.78, 5) is 24.5. The van der Waals surface area contributed by atoms with Gasteiger partial charge in [-0.2, -0.15) is 0 Å². The number of benzene rings is 2. The fourth-order valence-corrected chi connectivity index (χ4v) is 2.85. The van der Waals surface area contributed by atoms with Gasteiger partial charge in [0.2, 0.25) is 11.2 Å². The fraction of sp³-hybridized carbons (Fsp3) is 0.0833. The molecule has 4 aromatic rings. The molecule has 0 atom stereocenters. The Hall–Kier alpha value is -4.06. The number of hydrogen-bond acceptors (Lipinski definition) is 5. The number of carbonyl (C=O) groups is 1. The first-order chi connectivity index (χ1) is 14.7. The minimum atomic E-state index is -0.499. The van der Waals surface area contributed by atoms with Crippen molar-refractivity contribution in [3.63, 3.8) is 0 Å². The van der Waals surface area contributed by atoms with Crippen LogP contribution < -0.4 is 10.2 Å². The van der Waals surface area contributed by atoms with Gasteiger partial charge in [0.05, 0.1) is 5.56 Å². The number of ether oxygens (including phenoxy) is 2. The van der Waals surface area contributed by atoms with Crippen LogP contribution in [0.3, 0.4) is 0 Å². The fourth-order valence-electron chi connectivity index (χ4n) is 2.85. The molecule has 0 aliphatic rings. The van der Waals surface area contributed by atoms with E-state index in [0.717, 1.165) is 11.3 Å². The maximum absolute atomic E-state index is 12.3. The zero-order valence-electron chi connectivity index (χ0n) is 16.1. The molecule has 4 rings (SSSR count). The van der Waals surface area contributed by atoms with Crippen LogP contribution in [0.5, 0.6) is 5.75 Å². The molecule has 6 heteroatoms. The van der Waals surface area contributed by atoms with Crippen molar-refractivity contribution in [2.45, 2.75) is 13.2 Å². The molecule has 30 heavy (non-hydrogen) atoms. The van der Waals surface area contributed by atoms with Crippen molar-refractivity contribution in [2.24, 2.45) is 0 Å². The van der Waals surface area contributed by atoms with Gasteiger partial charge in [0.15, 0.2) is 0 Å². The highest BCUT2D eigenvalue weighted by molar-refractivity contribution is 5.89. The highest BCUT2D eigenvalue weighted by atomic mass is 16.5. The monoisotopic (exact) mass is 401 g/mol. The van der Waals surface area contributed by atoms with Gasteiger partial charge in [-0.3, -0.25) is 4.79 Å². The molecule has 0 N–H and O–H groups in total. The minimum absolute atomic E-state index is 0.106. The number of nitrogens with zero attached hydrogens (tertiary/aromatic N) is 1. The highest BCUT2D eigenvalue weighted by Crippen LogP contribution is 2.13. The Balaban J connectivity index is 1.33. The maximum Gasteiger partial charge on any atom is 0.338 e. The Kier molecular flexibility index (Phi) is 5.75. The molecule has 2 aromatic heterocycles. The van der Waals surface area contributed by atoms with Crippen LogP contribution in [-0.4, -0.2) is 10.5 Å². The molecule has 2 heterocycles. The van der Waals surface area contributed by atoms with Crippen molar-refractivity contribution in [1.29, 1.82) is 0 Å². The van der Waals surface area contributed by atoms with E-state index in [9.17, 15) is 9.59 Å². The quantitative estimate of drug-likeness (QED) is 0.430. The molecule has 0 saturated carbocycles. The summed E-state index contributed by atoms with van der Waals surface area (Å²) in [6.45, 7) is 0.116. The summed E-state index contributed by atoms with van der Waals surface area (Å²) in [6, 6.07) is 21.7. The van der Waals surface area contributed by atoms with E-state index in [1.165, 1.54) is 12.3 Å². The Bertz CT molecular complexity index is 1160. The van der Waals surface area contributed by atoms with Crippen molar-refractivity contribution in [1.82, 2.24) is 4.57 Å². The predicted molar refractivity (Wildman–Crippen MR) is 111 cm³/mol. The summed E-state index contributed by atoms with van der Waals surface area (Å²) in [5, 5.41) is 0. The lowest BCUT2D eigenvalue weighted by molar-refractivity contribution is 0.0442. The van der Waals surface area contributed by atoms with Crippen LogP contribution in [0.1, 0.15) is 21.7 Å². The molecule has 0 saturated heterocycles. The standard InChI is InChI=1S/C24H19NO5/c26-22-14-21(28-17-23(22)29-15-18-6-2-1-3-7-18)16-30-24(27)19-8-10-20(11-9-19)25-12-4-5-13-25/h1-14,17H,15-16H2. The number of hydrogen-bond donors (Lipinski definition) is 0. The zero-order valence-corrected chi connectivity index (χ0v) is 16.1. The van der Waals surface area contributed by atoms with Gasteiger partial charge in [-0.05, 0) is 42.0 Å². The summed E-state index contributed by atoms with van der Waals surface area (Å²) >= 11 is 0. The lowest BCUT2D eigenvalue weighted by Gasteiger charge is -2.08. The summed E-state index contributed by atoms with van der Waals surface area (Å²) < 4.78 is 18.1. The molecule has 0 aliphatic carbocycles. The van der Waals surface area contributed by atoms with Gasteiger partial charge < -0.3 is 18.5 Å². The Morgan fingerprint density at radius 1 is 0.900 bits per heavy atom. The van der Waals surface area contributed by atoms with Gasteiger partial charge in [-0.25, -0.2) is 4.79 Å². The van der Waals surface area contributed by atoms with E-state index in [1.807, 2.05) is 71.6 Å². The van der Waals surface area contributed by atoms with E-state index in [4.69, 9.17) is 13.9 Å². The molecule has 0 bridgehead atoms. The van der Waals surface area contributed by atoms with E-state index in [1.54, 1.807) is 12.1 Å². The van der Waals surface area contributed by atoms with E-state index >= 15 is 0 Å². The Morgan fingerprint density at radius 3 is 2.33 bits per heavy atom. The first-order valence-electron chi connectivity index (χ1n) is 9.38. The SMILES string of the molecule is O=C(OCc1cc(=O)c(OCc2ccccc2)co1)c1ccc(-n2cccc2)cc1. The lowest BCUT2D eigenvalue weighted by Crippen LogP contribution is -2.10. The van der Waals surface area contributed by atoms with Gasteiger partial charge in [-0.15, -0.1) is 0 Å². The smallest absolute Gasteiger partial charge is 0.338 e. The second-order valence-electron chi connectivity index (χ2n) is 6.56. The first-order valence-corrected chi connectivity index (χ1v) is 9.38. The summed E-state index contributed by atoms with van der Waals surface area (Å²) in [6.07, 6.45) is 5.07. The lowest BCUT2D eigenvalue weighted by atomic mass is 10.2. The molecule has 0 spiro atoms. The molecule has 150 valence electrons. The van der Waals surface area contributed by atoms with Gasteiger partial charge >= 0.3 is 5.97 Å². The minimum Gasteiger partial charge on any atom is -0.482 e. The van der Waals surface area contributed by atoms with E-state index in [2.05, 4.69) is 0 Å². The van der Waals surface area contributed by atoms with Gasteiger partial charge in [0.25, 0.3) is 0 Å². The molecule has 0 unspecified atom stereocenters. The van der Waals surface area contributed by atoms with Crippen LogP contribution >= 0.6 is 0 Å². The topological polar surface area (TPSA) is 70.7 Å². The van der Waals surface area contributed by atoms with Crippen LogP contribution in [0.15, 0.2) is 101 Å². The highest BCUT2D eigenvalue weighted by Gasteiger charge is 2.11. The van der Waals surface area contributed by atoms with Crippen molar-refractivity contribution in [3.05, 3.63) is 119 Å². The second-order valence-corrected chi connectivity index (χ2v) is 6.56. The summed E-state index contributed by atoms with van der Waals surface area (Å²) in [7, 11) is 0. The van der Waals surface area contributed by atoms with Crippen LogP contribution in [0.2, 0.25) is 0 Å². The molecular weight excluding hydrogens is 382 g/mol. The van der Waals surface area contributed by atoms with Crippen molar-refractivity contribution in [3.8, 4) is 11.4 Å². The van der Waals surface area contributed by atoms with Gasteiger partial charge in [-0.1, -0.05) is 30.3 Å². The van der Waals surface area contributed by atoms with E-state index < -0.39 is 5.97 Å². The van der Waals surface area contributed by atoms with Crippen molar-refractivity contribution < 1.29 is 18.7 Å². The van der Waals surface area contributed by atoms with Crippen LogP contribution in [0.25, 0.3) is 5.69 Å². The number of carbonyl (C=O) groups excluding carboxylic acids is 1. The Labute approximate surface area is 172 Å². The second kappa shape index (κ2) is 8.96. The van der Waals surface area contributed by atoms with Crippen LogP contribution in [0.4, 0.5) is 0 Å². The molecule has 0 fully saturated rings.